The smallest absolute Gasteiger partial charge is 0.309 e. The summed E-state index contributed by atoms with van der Waals surface area (Å²) >= 11 is 0. The topological polar surface area (TPSA) is 74.7 Å². The van der Waals surface area contributed by atoms with Crippen LogP contribution in [0.15, 0.2) is 24.3 Å². The maximum Gasteiger partial charge on any atom is 0.309 e. The van der Waals surface area contributed by atoms with Gasteiger partial charge in [0.1, 0.15) is 0 Å². The molecule has 2 rings (SSSR count). The summed E-state index contributed by atoms with van der Waals surface area (Å²) in [4.78, 5) is 35.6. The molecular weight excluding hydrogens is 246 g/mol. The molecule has 1 aromatic carbocycles. The lowest BCUT2D eigenvalue weighted by Gasteiger charge is -2.23. The van der Waals surface area contributed by atoms with Crippen molar-refractivity contribution in [2.75, 3.05) is 4.90 Å². The molecule has 2 atom stereocenters. The van der Waals surface area contributed by atoms with Crippen LogP contribution in [-0.2, 0) is 9.59 Å². The van der Waals surface area contributed by atoms with Gasteiger partial charge in [-0.05, 0) is 38.1 Å². The zero-order valence-corrected chi connectivity index (χ0v) is 10.8. The van der Waals surface area contributed by atoms with Crippen LogP contribution in [0.2, 0.25) is 0 Å². The van der Waals surface area contributed by atoms with Crippen LogP contribution in [0.4, 0.5) is 5.69 Å². The second kappa shape index (κ2) is 4.84. The van der Waals surface area contributed by atoms with Crippen molar-refractivity contribution in [1.82, 2.24) is 0 Å². The van der Waals surface area contributed by atoms with Crippen molar-refractivity contribution in [3.63, 3.8) is 0 Å². The average Bonchev–Trinajstić information content (AvgIpc) is 2.65. The number of Topliss-reactive ketones (excluding diaryl/α,β-unsaturated/α-hetero) is 1. The molecule has 1 N–H and O–H groups in total. The van der Waals surface area contributed by atoms with Gasteiger partial charge in [0, 0.05) is 23.7 Å². The zero-order chi connectivity index (χ0) is 14.2. The number of nitrogens with zero attached hydrogens (tertiary/aromatic N) is 1. The van der Waals surface area contributed by atoms with Gasteiger partial charge in [0.2, 0.25) is 5.91 Å². The van der Waals surface area contributed by atoms with Crippen molar-refractivity contribution in [3.8, 4) is 0 Å². The van der Waals surface area contributed by atoms with Gasteiger partial charge in [-0.3, -0.25) is 14.4 Å². The molecule has 1 amide bonds. The summed E-state index contributed by atoms with van der Waals surface area (Å²) in [5.74, 6) is -1.88. The van der Waals surface area contributed by atoms with Crippen LogP contribution < -0.4 is 4.90 Å². The number of carbonyl (C=O) groups is 3. The Morgan fingerprint density at radius 3 is 2.26 bits per heavy atom. The Morgan fingerprint density at radius 1 is 1.26 bits per heavy atom. The first kappa shape index (κ1) is 13.3. The fourth-order valence-corrected chi connectivity index (χ4v) is 2.39. The summed E-state index contributed by atoms with van der Waals surface area (Å²) in [6, 6.07) is 6.26. The van der Waals surface area contributed by atoms with Gasteiger partial charge < -0.3 is 10.0 Å². The molecule has 1 fully saturated rings. The highest BCUT2D eigenvalue weighted by Gasteiger charge is 2.41. The molecule has 2 unspecified atom stereocenters. The van der Waals surface area contributed by atoms with Gasteiger partial charge in [0.25, 0.3) is 0 Å². The lowest BCUT2D eigenvalue weighted by molar-refractivity contribution is -0.142. The summed E-state index contributed by atoms with van der Waals surface area (Å²) in [5.41, 5.74) is 1.20. The summed E-state index contributed by atoms with van der Waals surface area (Å²) in [6.07, 6.45) is 0.0188. The SMILES string of the molecule is CC(=O)c1ccc(N2C(=O)CC(C(=O)O)C2C)cc1. The van der Waals surface area contributed by atoms with E-state index in [4.69, 9.17) is 5.11 Å². The first-order valence-corrected chi connectivity index (χ1v) is 6.07. The minimum atomic E-state index is -0.955. The highest BCUT2D eigenvalue weighted by Crippen LogP contribution is 2.31. The Balaban J connectivity index is 2.29. The van der Waals surface area contributed by atoms with Gasteiger partial charge in [-0.15, -0.1) is 0 Å². The highest BCUT2D eigenvalue weighted by molar-refractivity contribution is 6.01. The standard InChI is InChI=1S/C14H15NO4/c1-8-12(14(18)19)7-13(17)15(8)11-5-3-10(4-6-11)9(2)16/h3-6,8,12H,7H2,1-2H3,(H,18,19). The summed E-state index contributed by atoms with van der Waals surface area (Å²) < 4.78 is 0. The first-order valence-electron chi connectivity index (χ1n) is 6.07. The van der Waals surface area contributed by atoms with Crippen molar-refractivity contribution >= 4 is 23.3 Å². The maximum absolute atomic E-state index is 11.9. The minimum absolute atomic E-state index is 0.0188. The van der Waals surface area contributed by atoms with Crippen LogP contribution in [0.1, 0.15) is 30.6 Å². The number of amides is 1. The molecule has 100 valence electrons. The lowest BCUT2D eigenvalue weighted by Crippen LogP contribution is -2.34. The molecule has 5 heteroatoms. The fourth-order valence-electron chi connectivity index (χ4n) is 2.39. The number of carboxylic acid groups (broad SMARTS) is 1. The Morgan fingerprint density at radius 2 is 1.84 bits per heavy atom. The molecule has 19 heavy (non-hydrogen) atoms. The van der Waals surface area contributed by atoms with Gasteiger partial charge >= 0.3 is 5.97 Å². The molecule has 0 radical (unpaired) electrons. The van der Waals surface area contributed by atoms with E-state index in [2.05, 4.69) is 0 Å². The second-order valence-electron chi connectivity index (χ2n) is 4.76. The third kappa shape index (κ3) is 2.36. The van der Waals surface area contributed by atoms with Crippen molar-refractivity contribution < 1.29 is 19.5 Å². The molecule has 1 aromatic rings. The normalized spacial score (nSPS) is 22.6. The van der Waals surface area contributed by atoms with Crippen LogP contribution in [0.3, 0.4) is 0 Å². The first-order chi connectivity index (χ1) is 8.91. The Labute approximate surface area is 110 Å². The number of carbonyl (C=O) groups excluding carboxylic acids is 2. The highest BCUT2D eigenvalue weighted by atomic mass is 16.4. The van der Waals surface area contributed by atoms with Crippen molar-refractivity contribution in [2.45, 2.75) is 26.3 Å². The molecule has 0 aromatic heterocycles. The van der Waals surface area contributed by atoms with E-state index in [0.717, 1.165) is 0 Å². The van der Waals surface area contributed by atoms with Crippen LogP contribution in [0.25, 0.3) is 0 Å². The summed E-state index contributed by atoms with van der Waals surface area (Å²) in [7, 11) is 0. The average molecular weight is 261 g/mol. The number of anilines is 1. The molecule has 1 heterocycles. The number of benzene rings is 1. The lowest BCUT2D eigenvalue weighted by atomic mass is 10.0. The summed E-state index contributed by atoms with van der Waals surface area (Å²) in [5, 5.41) is 9.06. The predicted molar refractivity (Wildman–Crippen MR) is 69.1 cm³/mol. The Hall–Kier alpha value is -2.17. The van der Waals surface area contributed by atoms with E-state index in [1.165, 1.54) is 11.8 Å². The Bertz CT molecular complexity index is 535. The van der Waals surface area contributed by atoms with E-state index in [1.807, 2.05) is 0 Å². The van der Waals surface area contributed by atoms with Crippen LogP contribution >= 0.6 is 0 Å². The van der Waals surface area contributed by atoms with E-state index in [9.17, 15) is 14.4 Å². The number of rotatable bonds is 3. The molecule has 0 spiro atoms. The third-order valence-corrected chi connectivity index (χ3v) is 3.52. The van der Waals surface area contributed by atoms with Gasteiger partial charge in [-0.25, -0.2) is 0 Å². The van der Waals surface area contributed by atoms with Crippen molar-refractivity contribution in [2.24, 2.45) is 5.92 Å². The van der Waals surface area contributed by atoms with Crippen LogP contribution in [0.5, 0.6) is 0 Å². The van der Waals surface area contributed by atoms with E-state index in [-0.39, 0.29) is 24.2 Å². The number of carboxylic acids is 1. The molecule has 0 saturated carbocycles. The van der Waals surface area contributed by atoms with Crippen molar-refractivity contribution in [3.05, 3.63) is 29.8 Å². The maximum atomic E-state index is 11.9. The largest absolute Gasteiger partial charge is 0.481 e. The molecule has 1 aliphatic heterocycles. The second-order valence-corrected chi connectivity index (χ2v) is 4.76. The molecular formula is C14H15NO4. The number of aliphatic carboxylic acids is 1. The monoisotopic (exact) mass is 261 g/mol. The fraction of sp³-hybridized carbons (Fsp3) is 0.357. The Kier molecular flexibility index (Phi) is 3.38. The molecule has 0 bridgehead atoms. The number of hydrogen-bond donors (Lipinski definition) is 1. The molecule has 1 saturated heterocycles. The van der Waals surface area contributed by atoms with Crippen molar-refractivity contribution in [1.29, 1.82) is 0 Å². The third-order valence-electron chi connectivity index (χ3n) is 3.52. The molecule has 1 aliphatic rings. The van der Waals surface area contributed by atoms with E-state index in [0.29, 0.717) is 11.3 Å². The van der Waals surface area contributed by atoms with Crippen LogP contribution in [-0.4, -0.2) is 28.8 Å². The number of hydrogen-bond acceptors (Lipinski definition) is 3. The van der Waals surface area contributed by atoms with Crippen LogP contribution in [0, 0.1) is 5.92 Å². The summed E-state index contributed by atoms with van der Waals surface area (Å²) in [6.45, 7) is 3.20. The predicted octanol–water partition coefficient (Wildman–Crippen LogP) is 1.72. The van der Waals surface area contributed by atoms with Gasteiger partial charge in [0.15, 0.2) is 5.78 Å². The van der Waals surface area contributed by atoms with E-state index >= 15 is 0 Å². The van der Waals surface area contributed by atoms with Gasteiger partial charge in [-0.1, -0.05) is 0 Å². The minimum Gasteiger partial charge on any atom is -0.481 e. The zero-order valence-electron chi connectivity index (χ0n) is 10.8. The van der Waals surface area contributed by atoms with Gasteiger partial charge in [-0.2, -0.15) is 0 Å². The van der Waals surface area contributed by atoms with E-state index < -0.39 is 11.9 Å². The number of ketones is 1. The molecule has 5 nitrogen and oxygen atoms in total. The quantitative estimate of drug-likeness (QED) is 0.840. The molecule has 0 aliphatic carbocycles. The van der Waals surface area contributed by atoms with E-state index in [1.54, 1.807) is 31.2 Å². The van der Waals surface area contributed by atoms with Gasteiger partial charge in [0.05, 0.1) is 5.92 Å².